The molecular formula is C36H56N2O2. The number of carbonyl (C=O) groups excluding carboxylic acids is 1. The molecule has 7 atom stereocenters. The number of aliphatic hydroxyl groups excluding tert-OH is 1. The van der Waals surface area contributed by atoms with Crippen LogP contribution in [-0.4, -0.2) is 35.1 Å². The lowest BCUT2D eigenvalue weighted by atomic mass is 9.49. The minimum absolute atomic E-state index is 0.0304. The molecular weight excluding hydrogens is 492 g/mol. The molecule has 1 aliphatic heterocycles. The number of hydrogen-bond donors (Lipinski definition) is 2. The van der Waals surface area contributed by atoms with Gasteiger partial charge in [0, 0.05) is 35.8 Å². The summed E-state index contributed by atoms with van der Waals surface area (Å²) in [4.78, 5) is 16.8. The first kappa shape index (κ1) is 29.7. The van der Waals surface area contributed by atoms with E-state index in [0.717, 1.165) is 57.3 Å². The zero-order valence-corrected chi connectivity index (χ0v) is 26.9. The lowest BCUT2D eigenvalue weighted by Gasteiger charge is -2.61. The van der Waals surface area contributed by atoms with Crippen LogP contribution in [-0.2, 0) is 15.6 Å². The van der Waals surface area contributed by atoms with Crippen molar-refractivity contribution in [3.63, 3.8) is 0 Å². The fourth-order valence-electron chi connectivity index (χ4n) is 9.46. The van der Waals surface area contributed by atoms with E-state index >= 15 is 0 Å². The van der Waals surface area contributed by atoms with Crippen molar-refractivity contribution in [1.82, 2.24) is 4.90 Å². The van der Waals surface area contributed by atoms with Gasteiger partial charge in [0.15, 0.2) is 0 Å². The number of nitrogens with one attached hydrogen (secondary N) is 1. The summed E-state index contributed by atoms with van der Waals surface area (Å²) in [7, 11) is 0. The highest BCUT2D eigenvalue weighted by molar-refractivity contribution is 5.94. The number of nitrogens with zero attached hydrogens (tertiary/aromatic N) is 1. The highest BCUT2D eigenvalue weighted by Crippen LogP contribution is 2.65. The molecule has 4 heteroatoms. The third kappa shape index (κ3) is 4.95. The molecule has 0 aromatic heterocycles. The number of amides is 1. The molecule has 4 aliphatic rings. The fourth-order valence-corrected chi connectivity index (χ4v) is 9.46. The van der Waals surface area contributed by atoms with Gasteiger partial charge in [-0.25, -0.2) is 0 Å². The van der Waals surface area contributed by atoms with Gasteiger partial charge in [-0.2, -0.15) is 0 Å². The van der Waals surface area contributed by atoms with E-state index < -0.39 is 0 Å². The van der Waals surface area contributed by atoms with Crippen molar-refractivity contribution >= 4 is 11.6 Å². The molecule has 222 valence electrons. The van der Waals surface area contributed by atoms with Crippen LogP contribution in [0.3, 0.4) is 0 Å². The number of piperidine rings is 1. The molecule has 0 spiro atoms. The molecule has 4 unspecified atom stereocenters. The van der Waals surface area contributed by atoms with Crippen LogP contribution in [0.5, 0.6) is 0 Å². The van der Waals surface area contributed by atoms with Crippen LogP contribution in [0.4, 0.5) is 5.69 Å². The topological polar surface area (TPSA) is 52.6 Å². The quantitative estimate of drug-likeness (QED) is 0.400. The number of benzene rings is 1. The summed E-state index contributed by atoms with van der Waals surface area (Å²) < 4.78 is 0. The number of fused-ring (bicyclic) bond motifs is 5. The Bertz CT molecular complexity index is 1160. The summed E-state index contributed by atoms with van der Waals surface area (Å²) in [5, 5.41) is 14.0. The van der Waals surface area contributed by atoms with Gasteiger partial charge in [0.1, 0.15) is 0 Å². The first-order chi connectivity index (χ1) is 18.6. The van der Waals surface area contributed by atoms with Gasteiger partial charge in [-0.3, -0.25) is 4.79 Å². The number of hydrogen-bond acceptors (Lipinski definition) is 3. The minimum Gasteiger partial charge on any atom is -0.389 e. The maximum absolute atomic E-state index is 14.2. The van der Waals surface area contributed by atoms with E-state index in [1.165, 1.54) is 23.2 Å². The lowest BCUT2D eigenvalue weighted by molar-refractivity contribution is -0.128. The van der Waals surface area contributed by atoms with E-state index in [-0.39, 0.29) is 39.6 Å². The molecule has 1 amide bonds. The average Bonchev–Trinajstić information content (AvgIpc) is 3.21. The Kier molecular flexibility index (Phi) is 7.55. The number of carbonyl (C=O) groups is 1. The van der Waals surface area contributed by atoms with E-state index in [1.54, 1.807) is 0 Å². The summed E-state index contributed by atoms with van der Waals surface area (Å²) in [5.74, 6) is 2.13. The summed E-state index contributed by atoms with van der Waals surface area (Å²) in [6.45, 7) is 22.8. The Hall–Kier alpha value is -1.81. The van der Waals surface area contributed by atoms with Gasteiger partial charge < -0.3 is 15.3 Å². The van der Waals surface area contributed by atoms with Gasteiger partial charge in [-0.1, -0.05) is 74.4 Å². The summed E-state index contributed by atoms with van der Waals surface area (Å²) in [5.41, 5.74) is 5.07. The van der Waals surface area contributed by atoms with Crippen LogP contribution in [0.2, 0.25) is 0 Å². The Balaban J connectivity index is 1.43. The summed E-state index contributed by atoms with van der Waals surface area (Å²) >= 11 is 0. The van der Waals surface area contributed by atoms with E-state index in [4.69, 9.17) is 0 Å². The number of rotatable bonds is 4. The zero-order valence-electron chi connectivity index (χ0n) is 26.9. The molecule has 40 heavy (non-hydrogen) atoms. The number of likely N-dealkylation sites (tertiary alicyclic amines) is 1. The monoisotopic (exact) mass is 548 g/mol. The van der Waals surface area contributed by atoms with Crippen LogP contribution >= 0.6 is 0 Å². The second-order valence-corrected chi connectivity index (χ2v) is 16.3. The van der Waals surface area contributed by atoms with Gasteiger partial charge in [-0.05, 0) is 102 Å². The molecule has 0 bridgehead atoms. The van der Waals surface area contributed by atoms with E-state index in [1.807, 2.05) is 0 Å². The van der Waals surface area contributed by atoms with Gasteiger partial charge in [0.2, 0.25) is 5.91 Å². The minimum atomic E-state index is -0.304. The smallest absolute Gasteiger partial charge is 0.228 e. The van der Waals surface area contributed by atoms with Crippen LogP contribution in [0.25, 0.3) is 0 Å². The Labute approximate surface area is 244 Å². The maximum Gasteiger partial charge on any atom is 0.228 e. The van der Waals surface area contributed by atoms with Crippen LogP contribution in [0.1, 0.15) is 118 Å². The van der Waals surface area contributed by atoms with Crippen molar-refractivity contribution in [1.29, 1.82) is 0 Å². The molecule has 1 aromatic carbocycles. The second-order valence-electron chi connectivity index (χ2n) is 16.3. The first-order valence-electron chi connectivity index (χ1n) is 16.2. The maximum atomic E-state index is 14.2. The van der Waals surface area contributed by atoms with Crippen LogP contribution in [0.15, 0.2) is 30.0 Å². The lowest BCUT2D eigenvalue weighted by Crippen LogP contribution is -2.58. The summed E-state index contributed by atoms with van der Waals surface area (Å²) in [6, 6.07) is 6.71. The van der Waals surface area contributed by atoms with Crippen molar-refractivity contribution in [2.24, 2.45) is 34.5 Å². The molecule has 2 saturated carbocycles. The molecule has 1 heterocycles. The van der Waals surface area contributed by atoms with Crippen molar-refractivity contribution in [2.75, 3.05) is 18.4 Å². The van der Waals surface area contributed by atoms with Gasteiger partial charge in [0.05, 0.1) is 6.10 Å². The Morgan fingerprint density at radius 3 is 2.38 bits per heavy atom. The molecule has 2 N–H and O–H groups in total. The molecule has 1 aromatic rings. The highest BCUT2D eigenvalue weighted by Gasteiger charge is 2.61. The van der Waals surface area contributed by atoms with Crippen molar-refractivity contribution < 1.29 is 9.90 Å². The Morgan fingerprint density at radius 1 is 1.00 bits per heavy atom. The highest BCUT2D eigenvalue weighted by atomic mass is 16.3. The largest absolute Gasteiger partial charge is 0.389 e. The SMILES string of the molecule is CCCN1CC2C(CC[C@@]3(C)C2CC[C@@H]3C(=O)Nc2cc(C(C)(C)C)ccc2C(C)(C)C)[C@@]2(C)CCC(O)C=C12. The third-order valence-corrected chi connectivity index (χ3v) is 11.7. The standard InChI is InChI=1S/C36H56N2O2/c1-10-19-38-22-25-26-13-14-29(35(26,8)18-16-27(25)36(9)17-15-24(39)21-31(36)38)32(40)37-30-20-23(33(2,3)4)11-12-28(30)34(5,6)7/h11-12,20-21,24-27,29,39H,10,13-19,22H2,1-9H3,(H,37,40)/t24?,25?,26?,27?,29-,35+,36-/m1/s1. The number of anilines is 1. The zero-order chi connectivity index (χ0) is 29.3. The molecule has 4 nitrogen and oxygen atoms in total. The van der Waals surface area contributed by atoms with Gasteiger partial charge >= 0.3 is 0 Å². The fraction of sp³-hybridized carbons (Fsp3) is 0.750. The van der Waals surface area contributed by atoms with Crippen LogP contribution in [0, 0.1) is 34.5 Å². The Morgan fingerprint density at radius 2 is 1.73 bits per heavy atom. The molecule has 0 radical (unpaired) electrons. The van der Waals surface area contributed by atoms with Crippen molar-refractivity contribution in [3.05, 3.63) is 41.1 Å². The van der Waals surface area contributed by atoms with Crippen molar-refractivity contribution in [3.8, 4) is 0 Å². The molecule has 3 fully saturated rings. The van der Waals surface area contributed by atoms with Gasteiger partial charge in [0.25, 0.3) is 0 Å². The van der Waals surface area contributed by atoms with Crippen molar-refractivity contribution in [2.45, 2.75) is 124 Å². The van der Waals surface area contributed by atoms with E-state index in [0.29, 0.717) is 17.8 Å². The van der Waals surface area contributed by atoms with Gasteiger partial charge in [-0.15, -0.1) is 0 Å². The van der Waals surface area contributed by atoms with E-state index in [9.17, 15) is 9.90 Å². The normalized spacial score (nSPS) is 35.9. The average molecular weight is 549 g/mol. The molecule has 5 rings (SSSR count). The predicted molar refractivity (Wildman–Crippen MR) is 166 cm³/mol. The van der Waals surface area contributed by atoms with Crippen LogP contribution < -0.4 is 5.32 Å². The molecule has 3 aliphatic carbocycles. The number of allylic oxidation sites excluding steroid dienone is 1. The first-order valence-corrected chi connectivity index (χ1v) is 16.2. The third-order valence-electron chi connectivity index (χ3n) is 11.7. The predicted octanol–water partition coefficient (Wildman–Crippen LogP) is 8.05. The summed E-state index contributed by atoms with van der Waals surface area (Å²) in [6.07, 6.45) is 9.43. The second kappa shape index (κ2) is 10.2. The van der Waals surface area contributed by atoms with E-state index in [2.05, 4.69) is 96.8 Å². The molecule has 1 saturated heterocycles. The number of aliphatic hydroxyl groups is 1.